The molecule has 0 aromatic rings. The second-order valence-electron chi connectivity index (χ2n) is 5.85. The molecule has 1 aliphatic heterocycles. The van der Waals surface area contributed by atoms with Gasteiger partial charge in [-0.3, -0.25) is 9.59 Å². The second-order valence-corrected chi connectivity index (χ2v) is 5.85. The summed E-state index contributed by atoms with van der Waals surface area (Å²) in [5.41, 5.74) is 0. The number of nitrogens with zero attached hydrogens (tertiary/aromatic N) is 2. The number of amides is 2. The Hall–Kier alpha value is -1.79. The third-order valence-corrected chi connectivity index (χ3v) is 4.52. The monoisotopic (exact) mass is 312 g/mol. The first-order valence-electron chi connectivity index (χ1n) is 7.98. The van der Waals surface area contributed by atoms with Gasteiger partial charge < -0.3 is 19.6 Å². The number of piperazine rings is 1. The molecule has 2 aliphatic rings. The van der Waals surface area contributed by atoms with Gasteiger partial charge in [0.1, 0.15) is 0 Å². The van der Waals surface area contributed by atoms with Crippen LogP contribution in [0.15, 0.2) is 0 Å². The molecule has 1 saturated carbocycles. The Bertz CT molecular complexity index is 432. The van der Waals surface area contributed by atoms with E-state index in [1.54, 1.807) is 16.7 Å². The molecule has 0 aromatic carbocycles. The Labute approximate surface area is 130 Å². The zero-order chi connectivity index (χ0) is 16.1. The number of hydrogen-bond acceptors (Lipinski definition) is 4. The van der Waals surface area contributed by atoms with Gasteiger partial charge in [0.2, 0.25) is 5.91 Å². The van der Waals surface area contributed by atoms with Gasteiger partial charge in [0.25, 0.3) is 0 Å². The van der Waals surface area contributed by atoms with Crippen LogP contribution in [0.4, 0.5) is 4.79 Å². The van der Waals surface area contributed by atoms with Crippen molar-refractivity contribution >= 4 is 18.0 Å². The number of rotatable bonds is 3. The topological polar surface area (TPSA) is 87.2 Å². The van der Waals surface area contributed by atoms with Crippen molar-refractivity contribution in [3.8, 4) is 0 Å². The molecule has 22 heavy (non-hydrogen) atoms. The molecule has 2 atom stereocenters. The number of carbonyl (C=O) groups excluding carboxylic acids is 2. The summed E-state index contributed by atoms with van der Waals surface area (Å²) < 4.78 is 4.95. The summed E-state index contributed by atoms with van der Waals surface area (Å²) >= 11 is 0. The molecule has 0 radical (unpaired) electrons. The van der Waals surface area contributed by atoms with Crippen LogP contribution in [0.3, 0.4) is 0 Å². The van der Waals surface area contributed by atoms with Crippen molar-refractivity contribution in [3.63, 3.8) is 0 Å². The number of carboxylic acids is 1. The fraction of sp³-hybridized carbons (Fsp3) is 0.800. The first-order valence-corrected chi connectivity index (χ1v) is 7.98. The average Bonchev–Trinajstić information content (AvgIpc) is 2.54. The third-order valence-electron chi connectivity index (χ3n) is 4.52. The molecule has 1 heterocycles. The highest BCUT2D eigenvalue weighted by atomic mass is 16.6. The van der Waals surface area contributed by atoms with Crippen LogP contribution >= 0.6 is 0 Å². The number of carboxylic acid groups (broad SMARTS) is 1. The molecule has 7 heteroatoms. The van der Waals surface area contributed by atoms with Crippen LogP contribution in [0, 0.1) is 11.8 Å². The van der Waals surface area contributed by atoms with Crippen molar-refractivity contribution in [1.82, 2.24) is 9.80 Å². The molecule has 2 amide bonds. The molecule has 0 unspecified atom stereocenters. The third kappa shape index (κ3) is 3.69. The second kappa shape index (κ2) is 7.47. The van der Waals surface area contributed by atoms with E-state index in [1.807, 2.05) is 0 Å². The predicted molar refractivity (Wildman–Crippen MR) is 78.3 cm³/mol. The standard InChI is InChI=1S/C15H24N2O5/c1-2-22-15(21)17-9-7-16(8-10-17)13(18)11-5-3-4-6-12(11)14(19)20/h11-12H,2-10H2,1H3,(H,19,20)/t11-,12-/m1/s1. The van der Waals surface area contributed by atoms with Gasteiger partial charge in [-0.15, -0.1) is 0 Å². The summed E-state index contributed by atoms with van der Waals surface area (Å²) in [6.45, 7) is 3.86. The van der Waals surface area contributed by atoms with E-state index in [0.717, 1.165) is 12.8 Å². The highest BCUT2D eigenvalue weighted by Gasteiger charge is 2.38. The van der Waals surface area contributed by atoms with E-state index >= 15 is 0 Å². The maximum atomic E-state index is 12.6. The quantitative estimate of drug-likeness (QED) is 0.845. The Morgan fingerprint density at radius 1 is 1.00 bits per heavy atom. The maximum absolute atomic E-state index is 12.6. The van der Waals surface area contributed by atoms with Gasteiger partial charge in [-0.05, 0) is 19.8 Å². The fourth-order valence-corrected chi connectivity index (χ4v) is 3.28. The minimum Gasteiger partial charge on any atom is -0.481 e. The summed E-state index contributed by atoms with van der Waals surface area (Å²) in [5, 5.41) is 9.29. The molecule has 0 aromatic heterocycles. The number of ether oxygens (including phenoxy) is 1. The lowest BCUT2D eigenvalue weighted by Crippen LogP contribution is -2.53. The van der Waals surface area contributed by atoms with Crippen LogP contribution < -0.4 is 0 Å². The van der Waals surface area contributed by atoms with E-state index in [1.165, 1.54) is 0 Å². The molecule has 0 bridgehead atoms. The van der Waals surface area contributed by atoms with Crippen molar-refractivity contribution in [2.75, 3.05) is 32.8 Å². The zero-order valence-electron chi connectivity index (χ0n) is 13.0. The van der Waals surface area contributed by atoms with E-state index in [4.69, 9.17) is 4.74 Å². The van der Waals surface area contributed by atoms with Crippen LogP contribution in [-0.2, 0) is 14.3 Å². The summed E-state index contributed by atoms with van der Waals surface area (Å²) in [6.07, 6.45) is 2.65. The molecular formula is C15H24N2O5. The summed E-state index contributed by atoms with van der Waals surface area (Å²) in [7, 11) is 0. The zero-order valence-corrected chi connectivity index (χ0v) is 13.0. The highest BCUT2D eigenvalue weighted by molar-refractivity contribution is 5.85. The first kappa shape index (κ1) is 16.6. The van der Waals surface area contributed by atoms with Crippen LogP contribution in [0.25, 0.3) is 0 Å². The summed E-state index contributed by atoms with van der Waals surface area (Å²) in [4.78, 5) is 38.8. The molecule has 2 rings (SSSR count). The number of carbonyl (C=O) groups is 3. The van der Waals surface area contributed by atoms with E-state index in [9.17, 15) is 19.5 Å². The van der Waals surface area contributed by atoms with Crippen molar-refractivity contribution < 1.29 is 24.2 Å². The SMILES string of the molecule is CCOC(=O)N1CCN(C(=O)[C@@H]2CCCC[C@H]2C(=O)O)CC1. The normalized spacial score (nSPS) is 25.7. The Balaban J connectivity index is 1.91. The molecular weight excluding hydrogens is 288 g/mol. The molecule has 0 spiro atoms. The molecule has 124 valence electrons. The Kier molecular flexibility index (Phi) is 5.63. The smallest absolute Gasteiger partial charge is 0.409 e. The lowest BCUT2D eigenvalue weighted by Gasteiger charge is -2.38. The Morgan fingerprint density at radius 3 is 2.09 bits per heavy atom. The van der Waals surface area contributed by atoms with Gasteiger partial charge >= 0.3 is 12.1 Å². The number of hydrogen-bond donors (Lipinski definition) is 1. The molecule has 7 nitrogen and oxygen atoms in total. The van der Waals surface area contributed by atoms with E-state index in [0.29, 0.717) is 45.6 Å². The van der Waals surface area contributed by atoms with Crippen molar-refractivity contribution in [2.45, 2.75) is 32.6 Å². The van der Waals surface area contributed by atoms with Crippen LogP contribution in [0.1, 0.15) is 32.6 Å². The number of aliphatic carboxylic acids is 1. The minimum absolute atomic E-state index is 0.0735. The lowest BCUT2D eigenvalue weighted by molar-refractivity contribution is -0.153. The van der Waals surface area contributed by atoms with Crippen LogP contribution in [0.2, 0.25) is 0 Å². The largest absolute Gasteiger partial charge is 0.481 e. The molecule has 1 N–H and O–H groups in total. The van der Waals surface area contributed by atoms with Crippen molar-refractivity contribution in [1.29, 1.82) is 0 Å². The van der Waals surface area contributed by atoms with Gasteiger partial charge in [0.15, 0.2) is 0 Å². The molecule has 1 saturated heterocycles. The summed E-state index contributed by atoms with van der Waals surface area (Å²) in [6, 6.07) is 0. The average molecular weight is 312 g/mol. The van der Waals surface area contributed by atoms with Crippen LogP contribution in [-0.4, -0.2) is 65.7 Å². The van der Waals surface area contributed by atoms with Crippen LogP contribution in [0.5, 0.6) is 0 Å². The Morgan fingerprint density at radius 2 is 1.55 bits per heavy atom. The van der Waals surface area contributed by atoms with Crippen molar-refractivity contribution in [2.24, 2.45) is 11.8 Å². The van der Waals surface area contributed by atoms with E-state index in [2.05, 4.69) is 0 Å². The van der Waals surface area contributed by atoms with Gasteiger partial charge in [-0.25, -0.2) is 4.79 Å². The highest BCUT2D eigenvalue weighted by Crippen LogP contribution is 2.32. The van der Waals surface area contributed by atoms with Gasteiger partial charge in [0.05, 0.1) is 18.4 Å². The van der Waals surface area contributed by atoms with Gasteiger partial charge in [0, 0.05) is 26.2 Å². The van der Waals surface area contributed by atoms with Gasteiger partial charge in [-0.2, -0.15) is 0 Å². The minimum atomic E-state index is -0.872. The maximum Gasteiger partial charge on any atom is 0.409 e. The molecule has 1 aliphatic carbocycles. The first-order chi connectivity index (χ1) is 10.5. The van der Waals surface area contributed by atoms with Gasteiger partial charge in [-0.1, -0.05) is 12.8 Å². The van der Waals surface area contributed by atoms with Crippen molar-refractivity contribution in [3.05, 3.63) is 0 Å². The van der Waals surface area contributed by atoms with E-state index in [-0.39, 0.29) is 12.0 Å². The lowest BCUT2D eigenvalue weighted by atomic mass is 9.78. The summed E-state index contributed by atoms with van der Waals surface area (Å²) in [5.74, 6) is -1.93. The molecule has 2 fully saturated rings. The fourth-order valence-electron chi connectivity index (χ4n) is 3.28. The van der Waals surface area contributed by atoms with E-state index < -0.39 is 17.8 Å². The predicted octanol–water partition coefficient (Wildman–Crippen LogP) is 1.18.